The first-order chi connectivity index (χ1) is 11.1. The van der Waals surface area contributed by atoms with Gasteiger partial charge in [0.05, 0.1) is 24.4 Å². The van der Waals surface area contributed by atoms with Crippen molar-refractivity contribution >= 4 is 35.8 Å². The van der Waals surface area contributed by atoms with Gasteiger partial charge in [0.15, 0.2) is 5.96 Å². The SMILES string of the molecule is CN(C)C(=O)CN=C(NCC1CCCO1)NC1CC2CCC1O2.I. The van der Waals surface area contributed by atoms with E-state index in [1.807, 2.05) is 0 Å². The number of likely N-dealkylation sites (N-methyl/N-ethyl adjacent to an activating group) is 1. The van der Waals surface area contributed by atoms with Crippen LogP contribution in [0.3, 0.4) is 0 Å². The smallest absolute Gasteiger partial charge is 0.243 e. The minimum Gasteiger partial charge on any atom is -0.376 e. The highest BCUT2D eigenvalue weighted by molar-refractivity contribution is 14.0. The largest absolute Gasteiger partial charge is 0.376 e. The van der Waals surface area contributed by atoms with Crippen LogP contribution in [0.15, 0.2) is 4.99 Å². The predicted octanol–water partition coefficient (Wildman–Crippen LogP) is 0.727. The highest BCUT2D eigenvalue weighted by Crippen LogP contribution is 2.34. The Morgan fingerprint density at radius 1 is 1.29 bits per heavy atom. The van der Waals surface area contributed by atoms with Crippen molar-refractivity contribution in [3.63, 3.8) is 0 Å². The molecule has 24 heavy (non-hydrogen) atoms. The molecule has 3 saturated heterocycles. The van der Waals surface area contributed by atoms with Crippen molar-refractivity contribution in [2.45, 2.75) is 56.5 Å². The van der Waals surface area contributed by atoms with E-state index in [1.54, 1.807) is 19.0 Å². The fraction of sp³-hybridized carbons (Fsp3) is 0.875. The second kappa shape index (κ2) is 9.19. The van der Waals surface area contributed by atoms with Crippen molar-refractivity contribution in [1.82, 2.24) is 15.5 Å². The van der Waals surface area contributed by atoms with Crippen molar-refractivity contribution in [3.8, 4) is 0 Å². The van der Waals surface area contributed by atoms with E-state index >= 15 is 0 Å². The fourth-order valence-corrected chi connectivity index (χ4v) is 3.42. The lowest BCUT2D eigenvalue weighted by Gasteiger charge is -2.23. The second-order valence-electron chi connectivity index (χ2n) is 6.83. The second-order valence-corrected chi connectivity index (χ2v) is 6.83. The number of rotatable bonds is 5. The van der Waals surface area contributed by atoms with E-state index in [0.717, 1.165) is 45.3 Å². The standard InChI is InChI=1S/C16H28N4O3.HI/c1-20(2)15(21)10-18-16(17-9-12-4-3-7-22-12)19-13-8-11-5-6-14(13)23-11;/h11-14H,3-10H2,1-2H3,(H2,17,18,19);1H. The Morgan fingerprint density at radius 3 is 2.71 bits per heavy atom. The maximum absolute atomic E-state index is 11.8. The van der Waals surface area contributed by atoms with Gasteiger partial charge in [-0.25, -0.2) is 4.99 Å². The van der Waals surface area contributed by atoms with Gasteiger partial charge in [0.25, 0.3) is 0 Å². The van der Waals surface area contributed by atoms with Crippen LogP contribution >= 0.6 is 24.0 Å². The molecule has 7 nitrogen and oxygen atoms in total. The van der Waals surface area contributed by atoms with Crippen molar-refractivity contribution < 1.29 is 14.3 Å². The average molecular weight is 452 g/mol. The van der Waals surface area contributed by atoms with Gasteiger partial charge >= 0.3 is 0 Å². The Labute approximate surface area is 160 Å². The molecule has 2 N–H and O–H groups in total. The molecular weight excluding hydrogens is 423 g/mol. The van der Waals surface area contributed by atoms with E-state index in [9.17, 15) is 4.79 Å². The van der Waals surface area contributed by atoms with E-state index in [4.69, 9.17) is 9.47 Å². The van der Waals surface area contributed by atoms with Crippen LogP contribution in [-0.4, -0.2) is 74.9 Å². The maximum atomic E-state index is 11.8. The molecule has 138 valence electrons. The molecule has 4 unspecified atom stereocenters. The molecule has 4 atom stereocenters. The van der Waals surface area contributed by atoms with E-state index < -0.39 is 0 Å². The van der Waals surface area contributed by atoms with Crippen molar-refractivity contribution in [3.05, 3.63) is 0 Å². The first-order valence-corrected chi connectivity index (χ1v) is 8.64. The number of halogens is 1. The number of fused-ring (bicyclic) bond motifs is 2. The molecule has 0 aliphatic carbocycles. The molecule has 2 bridgehead atoms. The number of aliphatic imine (C=N–C) groups is 1. The zero-order valence-electron chi connectivity index (χ0n) is 14.5. The summed E-state index contributed by atoms with van der Waals surface area (Å²) < 4.78 is 11.5. The van der Waals surface area contributed by atoms with Gasteiger partial charge < -0.3 is 25.0 Å². The number of guanidine groups is 1. The van der Waals surface area contributed by atoms with Crippen LogP contribution in [0.2, 0.25) is 0 Å². The number of amides is 1. The molecular formula is C16H29IN4O3. The van der Waals surface area contributed by atoms with E-state index in [1.165, 1.54) is 0 Å². The normalized spacial score (nSPS) is 31.7. The molecule has 0 aromatic heterocycles. The molecule has 0 radical (unpaired) electrons. The molecule has 3 aliphatic heterocycles. The molecule has 3 rings (SSSR count). The van der Waals surface area contributed by atoms with Crippen LogP contribution < -0.4 is 10.6 Å². The number of hydrogen-bond acceptors (Lipinski definition) is 4. The van der Waals surface area contributed by atoms with Gasteiger partial charge in [-0.05, 0) is 32.1 Å². The average Bonchev–Trinajstić information content (AvgIpc) is 3.26. The van der Waals surface area contributed by atoms with Crippen LogP contribution in [0.25, 0.3) is 0 Å². The number of nitrogens with one attached hydrogen (secondary N) is 2. The van der Waals surface area contributed by atoms with Crippen LogP contribution in [0.5, 0.6) is 0 Å². The molecule has 0 saturated carbocycles. The summed E-state index contributed by atoms with van der Waals surface area (Å²) in [5.41, 5.74) is 0. The first kappa shape index (κ1) is 19.7. The monoisotopic (exact) mass is 452 g/mol. The Balaban J connectivity index is 0.00000208. The number of ether oxygens (including phenoxy) is 2. The quantitative estimate of drug-likeness (QED) is 0.366. The molecule has 8 heteroatoms. The highest BCUT2D eigenvalue weighted by Gasteiger charge is 2.41. The topological polar surface area (TPSA) is 75.2 Å². The summed E-state index contributed by atoms with van der Waals surface area (Å²) in [4.78, 5) is 17.8. The summed E-state index contributed by atoms with van der Waals surface area (Å²) in [7, 11) is 3.49. The van der Waals surface area contributed by atoms with Gasteiger partial charge in [-0.1, -0.05) is 0 Å². The predicted molar refractivity (Wildman–Crippen MR) is 103 cm³/mol. The number of hydrogen-bond donors (Lipinski definition) is 2. The Kier molecular flexibility index (Phi) is 7.55. The fourth-order valence-electron chi connectivity index (χ4n) is 3.42. The van der Waals surface area contributed by atoms with Crippen molar-refractivity contribution in [2.24, 2.45) is 4.99 Å². The molecule has 3 aliphatic rings. The van der Waals surface area contributed by atoms with Crippen LogP contribution in [-0.2, 0) is 14.3 Å². The van der Waals surface area contributed by atoms with E-state index in [-0.39, 0.29) is 48.6 Å². The molecule has 0 aromatic rings. The summed E-state index contributed by atoms with van der Waals surface area (Å²) >= 11 is 0. The van der Waals surface area contributed by atoms with Gasteiger partial charge in [-0.3, -0.25) is 4.79 Å². The van der Waals surface area contributed by atoms with Crippen LogP contribution in [0.1, 0.15) is 32.1 Å². The molecule has 0 aromatic carbocycles. The third-order valence-electron chi connectivity index (χ3n) is 4.82. The van der Waals surface area contributed by atoms with Crippen molar-refractivity contribution in [1.29, 1.82) is 0 Å². The summed E-state index contributed by atoms with van der Waals surface area (Å²) in [6.07, 6.45) is 6.39. The molecule has 3 heterocycles. The third kappa shape index (κ3) is 5.19. The maximum Gasteiger partial charge on any atom is 0.243 e. The van der Waals surface area contributed by atoms with Gasteiger partial charge in [-0.2, -0.15) is 0 Å². The Hall–Kier alpha value is -0.610. The highest BCUT2D eigenvalue weighted by atomic mass is 127. The zero-order chi connectivity index (χ0) is 16.2. The molecule has 3 fully saturated rings. The van der Waals surface area contributed by atoms with Gasteiger partial charge in [0, 0.05) is 27.2 Å². The zero-order valence-corrected chi connectivity index (χ0v) is 16.8. The third-order valence-corrected chi connectivity index (χ3v) is 4.82. The number of nitrogens with zero attached hydrogens (tertiary/aromatic N) is 2. The number of carbonyl (C=O) groups is 1. The lowest BCUT2D eigenvalue weighted by atomic mass is 9.96. The Morgan fingerprint density at radius 2 is 2.12 bits per heavy atom. The van der Waals surface area contributed by atoms with E-state index in [2.05, 4.69) is 15.6 Å². The van der Waals surface area contributed by atoms with Gasteiger partial charge in [0.1, 0.15) is 6.54 Å². The number of carbonyl (C=O) groups excluding carboxylic acids is 1. The minimum atomic E-state index is -0.00703. The molecule has 1 amide bonds. The van der Waals surface area contributed by atoms with Gasteiger partial charge in [-0.15, -0.1) is 24.0 Å². The Bertz CT molecular complexity index is 455. The van der Waals surface area contributed by atoms with Crippen molar-refractivity contribution in [2.75, 3.05) is 33.8 Å². The van der Waals surface area contributed by atoms with Crippen LogP contribution in [0.4, 0.5) is 0 Å². The minimum absolute atomic E-state index is 0. The van der Waals surface area contributed by atoms with Crippen LogP contribution in [0, 0.1) is 0 Å². The van der Waals surface area contributed by atoms with E-state index in [0.29, 0.717) is 18.1 Å². The summed E-state index contributed by atoms with van der Waals surface area (Å²) in [5.74, 6) is 0.684. The lowest BCUT2D eigenvalue weighted by molar-refractivity contribution is -0.127. The first-order valence-electron chi connectivity index (χ1n) is 8.64. The van der Waals surface area contributed by atoms with Gasteiger partial charge in [0.2, 0.25) is 5.91 Å². The lowest BCUT2D eigenvalue weighted by Crippen LogP contribution is -2.49. The molecule has 0 spiro atoms. The summed E-state index contributed by atoms with van der Waals surface area (Å²) in [6, 6.07) is 0.291. The summed E-state index contributed by atoms with van der Waals surface area (Å²) in [6.45, 7) is 1.71. The summed E-state index contributed by atoms with van der Waals surface area (Å²) in [5, 5.41) is 6.78.